The second-order valence-corrected chi connectivity index (χ2v) is 8.80. The maximum Gasteiger partial charge on any atom is 0.323 e. The lowest BCUT2D eigenvalue weighted by atomic mass is 9.84. The quantitative estimate of drug-likeness (QED) is 0.624. The molecule has 4 atom stereocenters. The molecule has 0 spiro atoms. The second kappa shape index (κ2) is 10.0. The molecule has 0 bridgehead atoms. The van der Waals surface area contributed by atoms with Crippen molar-refractivity contribution in [2.75, 3.05) is 43.5 Å². The molecule has 0 saturated carbocycles. The molecule has 9 heteroatoms. The predicted octanol–water partition coefficient (Wildman–Crippen LogP) is 2.57. The number of aliphatic hydroxyl groups excluding tert-OH is 1. The van der Waals surface area contributed by atoms with Gasteiger partial charge >= 0.3 is 6.03 Å². The summed E-state index contributed by atoms with van der Waals surface area (Å²) < 4.78 is 17.5. The molecule has 2 aromatic rings. The van der Waals surface area contributed by atoms with Crippen LogP contribution in [0, 0.1) is 0 Å². The average molecular weight is 468 g/mol. The number of fused-ring (bicyclic) bond motifs is 3. The minimum atomic E-state index is -0.522. The number of para-hydroxylation sites is 1. The van der Waals surface area contributed by atoms with Crippen molar-refractivity contribution in [2.45, 2.75) is 37.1 Å². The maximum absolute atomic E-state index is 12.8. The first-order chi connectivity index (χ1) is 16.6. The number of hydrogen-bond donors (Lipinski definition) is 3. The van der Waals surface area contributed by atoms with E-state index in [2.05, 4.69) is 10.6 Å². The van der Waals surface area contributed by atoms with Crippen LogP contribution < -0.4 is 15.4 Å². The minimum Gasteiger partial charge on any atom is -0.487 e. The molecule has 0 radical (unpaired) electrons. The highest BCUT2D eigenvalue weighted by Crippen LogP contribution is 2.47. The first-order valence-corrected chi connectivity index (χ1v) is 11.7. The summed E-state index contributed by atoms with van der Waals surface area (Å²) in [5.74, 6) is 0.712. The molecule has 2 aromatic carbocycles. The van der Waals surface area contributed by atoms with Gasteiger partial charge in [0.15, 0.2) is 0 Å². The molecule has 0 unspecified atom stereocenters. The van der Waals surface area contributed by atoms with Crippen molar-refractivity contribution in [1.82, 2.24) is 4.90 Å². The fourth-order valence-electron chi connectivity index (χ4n) is 4.92. The normalized spacial score (nSPS) is 25.6. The lowest BCUT2D eigenvalue weighted by molar-refractivity contribution is -0.151. The lowest BCUT2D eigenvalue weighted by Crippen LogP contribution is -2.48. The number of hydrogen-bond acceptors (Lipinski definition) is 6. The number of carbonyl (C=O) groups excluding carboxylic acids is 2. The van der Waals surface area contributed by atoms with E-state index in [0.717, 1.165) is 5.56 Å². The molecule has 0 aliphatic carbocycles. The topological polar surface area (TPSA) is 109 Å². The Hall–Kier alpha value is -3.14. The number of aliphatic hydroxyl groups is 1. The number of nitrogens with zero attached hydrogens (tertiary/aromatic N) is 1. The van der Waals surface area contributed by atoms with Gasteiger partial charge in [0.2, 0.25) is 5.91 Å². The number of nitrogens with one attached hydrogen (secondary N) is 2. The van der Waals surface area contributed by atoms with Gasteiger partial charge in [-0.2, -0.15) is 0 Å². The molecule has 3 N–H and O–H groups in total. The van der Waals surface area contributed by atoms with E-state index >= 15 is 0 Å². The fourth-order valence-corrected chi connectivity index (χ4v) is 4.92. The van der Waals surface area contributed by atoms with Gasteiger partial charge in [-0.25, -0.2) is 4.79 Å². The van der Waals surface area contributed by atoms with Crippen LogP contribution in [0.25, 0.3) is 0 Å². The van der Waals surface area contributed by atoms with Crippen LogP contribution in [-0.4, -0.2) is 73.2 Å². The molecule has 5 rings (SSSR count). The maximum atomic E-state index is 12.8. The number of anilines is 2. The van der Waals surface area contributed by atoms with E-state index in [9.17, 15) is 14.7 Å². The van der Waals surface area contributed by atoms with Gasteiger partial charge in [-0.05, 0) is 36.8 Å². The molecule has 0 aromatic heterocycles. The second-order valence-electron chi connectivity index (χ2n) is 8.80. The molecule has 180 valence electrons. The van der Waals surface area contributed by atoms with Crippen LogP contribution in [0.15, 0.2) is 48.5 Å². The number of urea groups is 1. The van der Waals surface area contributed by atoms with Crippen LogP contribution in [0.5, 0.6) is 5.75 Å². The van der Waals surface area contributed by atoms with Crippen LogP contribution >= 0.6 is 0 Å². The predicted molar refractivity (Wildman–Crippen MR) is 125 cm³/mol. The Morgan fingerprint density at radius 1 is 1.03 bits per heavy atom. The Balaban J connectivity index is 1.28. The van der Waals surface area contributed by atoms with Crippen LogP contribution in [-0.2, 0) is 14.3 Å². The Morgan fingerprint density at radius 2 is 1.79 bits per heavy atom. The monoisotopic (exact) mass is 467 g/mol. The van der Waals surface area contributed by atoms with Crippen molar-refractivity contribution in [1.29, 1.82) is 0 Å². The molecule has 3 heterocycles. The van der Waals surface area contributed by atoms with E-state index in [1.807, 2.05) is 42.5 Å². The minimum absolute atomic E-state index is 0.0376. The van der Waals surface area contributed by atoms with E-state index in [1.165, 1.54) is 0 Å². The van der Waals surface area contributed by atoms with Gasteiger partial charge in [0.05, 0.1) is 32.3 Å². The molecule has 3 aliphatic heterocycles. The molecule has 9 nitrogen and oxygen atoms in total. The molecule has 2 saturated heterocycles. The van der Waals surface area contributed by atoms with Gasteiger partial charge in [0.25, 0.3) is 0 Å². The summed E-state index contributed by atoms with van der Waals surface area (Å²) in [5.41, 5.74) is 2.30. The zero-order valence-electron chi connectivity index (χ0n) is 18.8. The van der Waals surface area contributed by atoms with E-state index in [-0.39, 0.29) is 43.1 Å². The van der Waals surface area contributed by atoms with Crippen LogP contribution in [0.2, 0.25) is 0 Å². The Bertz CT molecular complexity index is 1030. The smallest absolute Gasteiger partial charge is 0.323 e. The van der Waals surface area contributed by atoms with Gasteiger partial charge in [-0.3, -0.25) is 4.79 Å². The van der Waals surface area contributed by atoms with Gasteiger partial charge in [0, 0.05) is 35.9 Å². The summed E-state index contributed by atoms with van der Waals surface area (Å²) in [6.45, 7) is 2.09. The van der Waals surface area contributed by atoms with E-state index in [4.69, 9.17) is 14.2 Å². The van der Waals surface area contributed by atoms with Gasteiger partial charge in [-0.1, -0.05) is 18.2 Å². The third-order valence-electron chi connectivity index (χ3n) is 6.55. The van der Waals surface area contributed by atoms with Crippen molar-refractivity contribution < 1.29 is 28.9 Å². The van der Waals surface area contributed by atoms with E-state index < -0.39 is 6.10 Å². The van der Waals surface area contributed by atoms with E-state index in [1.54, 1.807) is 11.0 Å². The lowest BCUT2D eigenvalue weighted by Gasteiger charge is -2.38. The summed E-state index contributed by atoms with van der Waals surface area (Å²) in [6.07, 6.45) is -0.313. The van der Waals surface area contributed by atoms with Gasteiger partial charge in [0.1, 0.15) is 18.0 Å². The van der Waals surface area contributed by atoms with Crippen LogP contribution in [0.1, 0.15) is 24.3 Å². The largest absolute Gasteiger partial charge is 0.487 e. The first kappa shape index (κ1) is 22.6. The average Bonchev–Trinajstić information content (AvgIpc) is 3.22. The van der Waals surface area contributed by atoms with E-state index in [0.29, 0.717) is 49.8 Å². The standard InChI is InChI=1S/C25H29N3O6/c29-15-22-24-20(13-18(33-22)14-23(30)28-8-10-32-11-9-28)19-12-17(6-7-21(19)34-24)27-25(31)26-16-4-2-1-3-5-16/h1-7,12,18,20,22,24,29H,8-11,13-15H2,(H2,26,27,31)/t18-,20+,22-,24-/m0/s1. The molecular weight excluding hydrogens is 438 g/mol. The van der Waals surface area contributed by atoms with Crippen LogP contribution in [0.3, 0.4) is 0 Å². The van der Waals surface area contributed by atoms with Crippen molar-refractivity contribution in [2.24, 2.45) is 0 Å². The molecule has 3 aliphatic rings. The molecular formula is C25H29N3O6. The number of ether oxygens (including phenoxy) is 3. The number of benzene rings is 2. The number of amides is 3. The van der Waals surface area contributed by atoms with Gasteiger partial charge < -0.3 is 34.9 Å². The molecule has 34 heavy (non-hydrogen) atoms. The summed E-state index contributed by atoms with van der Waals surface area (Å²) in [6, 6.07) is 14.4. The highest BCUT2D eigenvalue weighted by Gasteiger charge is 2.46. The Kier molecular flexibility index (Phi) is 6.66. The van der Waals surface area contributed by atoms with Gasteiger partial charge in [-0.15, -0.1) is 0 Å². The highest BCUT2D eigenvalue weighted by molar-refractivity contribution is 5.99. The third-order valence-corrected chi connectivity index (χ3v) is 6.55. The Morgan fingerprint density at radius 3 is 2.56 bits per heavy atom. The fraction of sp³-hybridized carbons (Fsp3) is 0.440. The first-order valence-electron chi connectivity index (χ1n) is 11.7. The number of morpholine rings is 1. The number of carbonyl (C=O) groups is 2. The highest BCUT2D eigenvalue weighted by atomic mass is 16.6. The summed E-state index contributed by atoms with van der Waals surface area (Å²) in [4.78, 5) is 27.0. The molecule has 3 amide bonds. The van der Waals surface area contributed by atoms with Crippen molar-refractivity contribution in [3.63, 3.8) is 0 Å². The van der Waals surface area contributed by atoms with Crippen molar-refractivity contribution in [3.8, 4) is 5.75 Å². The zero-order valence-corrected chi connectivity index (χ0v) is 18.8. The summed E-state index contributed by atoms with van der Waals surface area (Å²) >= 11 is 0. The number of rotatable bonds is 5. The Labute approximate surface area is 198 Å². The van der Waals surface area contributed by atoms with Crippen molar-refractivity contribution >= 4 is 23.3 Å². The zero-order chi connectivity index (χ0) is 23.5. The van der Waals surface area contributed by atoms with Crippen molar-refractivity contribution in [3.05, 3.63) is 54.1 Å². The third kappa shape index (κ3) is 4.86. The molecule has 2 fully saturated rings. The summed E-state index contributed by atoms with van der Waals surface area (Å²) in [5, 5.41) is 15.6. The summed E-state index contributed by atoms with van der Waals surface area (Å²) in [7, 11) is 0. The SMILES string of the molecule is O=C(Nc1ccccc1)Nc1ccc2c(c1)[C@H]1C[C@@H](CC(=O)N3CCOCC3)O[C@@H](CO)[C@H]1O2. The van der Waals surface area contributed by atoms with Crippen LogP contribution in [0.4, 0.5) is 16.2 Å².